The molecule has 1 aliphatic heterocycles. The third-order valence-corrected chi connectivity index (χ3v) is 4.64. The smallest absolute Gasteiger partial charge is 0.228 e. The lowest BCUT2D eigenvalue weighted by atomic mass is 10.2. The Morgan fingerprint density at radius 2 is 1.61 bits per heavy atom. The number of halogens is 1. The van der Waals surface area contributed by atoms with Crippen LogP contribution in [-0.4, -0.2) is 43.3 Å². The van der Waals surface area contributed by atoms with Crippen molar-refractivity contribution < 1.29 is 13.9 Å². The van der Waals surface area contributed by atoms with Gasteiger partial charge in [-0.3, -0.25) is 0 Å². The molecule has 144 valence electrons. The summed E-state index contributed by atoms with van der Waals surface area (Å²) >= 11 is 0. The third kappa shape index (κ3) is 3.98. The van der Waals surface area contributed by atoms with Gasteiger partial charge in [0.05, 0.1) is 12.8 Å². The van der Waals surface area contributed by atoms with E-state index < -0.39 is 0 Å². The fourth-order valence-electron chi connectivity index (χ4n) is 3.20. The van der Waals surface area contributed by atoms with E-state index in [1.54, 1.807) is 31.5 Å². The lowest BCUT2D eigenvalue weighted by molar-refractivity contribution is 0.413. The second-order valence-electron chi connectivity index (χ2n) is 6.40. The predicted octanol–water partition coefficient (Wildman–Crippen LogP) is 3.74. The van der Waals surface area contributed by atoms with Crippen molar-refractivity contribution in [3.63, 3.8) is 0 Å². The molecule has 0 saturated carbocycles. The van der Waals surface area contributed by atoms with Gasteiger partial charge in [0.15, 0.2) is 0 Å². The maximum absolute atomic E-state index is 13.0. The van der Waals surface area contributed by atoms with E-state index in [1.807, 2.05) is 18.2 Å². The second-order valence-corrected chi connectivity index (χ2v) is 6.40. The number of hydrogen-bond acceptors (Lipinski definition) is 6. The first-order valence-electron chi connectivity index (χ1n) is 9.12. The highest BCUT2D eigenvalue weighted by atomic mass is 19.1. The minimum atomic E-state index is -0.302. The van der Waals surface area contributed by atoms with Crippen molar-refractivity contribution in [3.8, 4) is 17.4 Å². The third-order valence-electron chi connectivity index (χ3n) is 4.64. The Labute approximate surface area is 163 Å². The molecule has 0 aliphatic carbocycles. The molecule has 0 unspecified atom stereocenters. The Bertz CT molecular complexity index is 928. The van der Waals surface area contributed by atoms with Crippen molar-refractivity contribution in [2.75, 3.05) is 43.1 Å². The van der Waals surface area contributed by atoms with Crippen molar-refractivity contribution in [2.24, 2.45) is 0 Å². The highest BCUT2D eigenvalue weighted by Crippen LogP contribution is 2.29. The molecule has 0 atom stereocenters. The fourth-order valence-corrected chi connectivity index (χ4v) is 3.20. The molecule has 0 amide bonds. The monoisotopic (exact) mass is 380 g/mol. The highest BCUT2D eigenvalue weighted by Gasteiger charge is 2.21. The van der Waals surface area contributed by atoms with Gasteiger partial charge in [-0.05, 0) is 36.4 Å². The molecule has 0 spiro atoms. The van der Waals surface area contributed by atoms with E-state index in [1.165, 1.54) is 12.1 Å². The van der Waals surface area contributed by atoms with Crippen molar-refractivity contribution >= 4 is 11.6 Å². The summed E-state index contributed by atoms with van der Waals surface area (Å²) < 4.78 is 24.2. The summed E-state index contributed by atoms with van der Waals surface area (Å²) in [6.07, 6.45) is 1.67. The standard InChI is InChI=1S/C21H21FN4O2/c1-27-19-5-3-2-4-18(19)25-12-14-26(15-13-25)21-23-11-10-20(24-21)28-17-8-6-16(22)7-9-17/h2-11H,12-15H2,1H3. The SMILES string of the molecule is COc1ccccc1N1CCN(c2nccc(Oc3ccc(F)cc3)n2)CC1. The second kappa shape index (κ2) is 8.12. The van der Waals surface area contributed by atoms with Gasteiger partial charge in [-0.1, -0.05) is 12.1 Å². The molecule has 0 radical (unpaired) electrons. The fraction of sp³-hybridized carbons (Fsp3) is 0.238. The summed E-state index contributed by atoms with van der Waals surface area (Å²) in [7, 11) is 1.69. The lowest BCUT2D eigenvalue weighted by Crippen LogP contribution is -2.47. The van der Waals surface area contributed by atoms with Crippen LogP contribution in [-0.2, 0) is 0 Å². The molecular weight excluding hydrogens is 359 g/mol. The van der Waals surface area contributed by atoms with E-state index in [4.69, 9.17) is 9.47 Å². The number of para-hydroxylation sites is 2. The molecule has 0 N–H and O–H groups in total. The van der Waals surface area contributed by atoms with Crippen LogP contribution in [0.5, 0.6) is 17.4 Å². The van der Waals surface area contributed by atoms with E-state index in [-0.39, 0.29) is 5.82 Å². The van der Waals surface area contributed by atoms with Crippen LogP contribution in [0.3, 0.4) is 0 Å². The zero-order valence-corrected chi connectivity index (χ0v) is 15.6. The summed E-state index contributed by atoms with van der Waals surface area (Å²) in [6, 6.07) is 15.6. The van der Waals surface area contributed by atoms with E-state index in [0.717, 1.165) is 37.6 Å². The molecule has 2 aromatic carbocycles. The number of ether oxygens (including phenoxy) is 2. The Balaban J connectivity index is 1.42. The van der Waals surface area contributed by atoms with Gasteiger partial charge in [-0.25, -0.2) is 9.37 Å². The number of anilines is 2. The van der Waals surface area contributed by atoms with E-state index in [0.29, 0.717) is 17.6 Å². The maximum atomic E-state index is 13.0. The van der Waals surface area contributed by atoms with Gasteiger partial charge >= 0.3 is 0 Å². The van der Waals surface area contributed by atoms with Gasteiger partial charge in [0.2, 0.25) is 11.8 Å². The highest BCUT2D eigenvalue weighted by molar-refractivity contribution is 5.59. The molecule has 28 heavy (non-hydrogen) atoms. The van der Waals surface area contributed by atoms with Crippen molar-refractivity contribution in [1.82, 2.24) is 9.97 Å². The predicted molar refractivity (Wildman–Crippen MR) is 106 cm³/mol. The zero-order chi connectivity index (χ0) is 19.3. The number of methoxy groups -OCH3 is 1. The number of hydrogen-bond donors (Lipinski definition) is 0. The molecule has 0 bridgehead atoms. The van der Waals surface area contributed by atoms with Crippen molar-refractivity contribution in [3.05, 3.63) is 66.6 Å². The van der Waals surface area contributed by atoms with Crippen LogP contribution < -0.4 is 19.3 Å². The largest absolute Gasteiger partial charge is 0.495 e. The number of benzene rings is 2. The minimum Gasteiger partial charge on any atom is -0.495 e. The lowest BCUT2D eigenvalue weighted by Gasteiger charge is -2.36. The molecular formula is C21H21FN4O2. The molecule has 1 saturated heterocycles. The van der Waals surface area contributed by atoms with Crippen LogP contribution in [0.2, 0.25) is 0 Å². The quantitative estimate of drug-likeness (QED) is 0.672. The van der Waals surface area contributed by atoms with Crippen LogP contribution >= 0.6 is 0 Å². The average molecular weight is 380 g/mol. The van der Waals surface area contributed by atoms with E-state index >= 15 is 0 Å². The number of piperazine rings is 1. The van der Waals surface area contributed by atoms with Gasteiger partial charge in [0.1, 0.15) is 17.3 Å². The summed E-state index contributed by atoms with van der Waals surface area (Å²) in [5, 5.41) is 0. The first-order chi connectivity index (χ1) is 13.7. The minimum absolute atomic E-state index is 0.302. The zero-order valence-electron chi connectivity index (χ0n) is 15.6. The first kappa shape index (κ1) is 18.0. The normalized spacial score (nSPS) is 14.1. The Morgan fingerprint density at radius 1 is 0.893 bits per heavy atom. The van der Waals surface area contributed by atoms with E-state index in [2.05, 4.69) is 25.8 Å². The number of rotatable bonds is 5. The van der Waals surface area contributed by atoms with Crippen LogP contribution in [0, 0.1) is 5.82 Å². The maximum Gasteiger partial charge on any atom is 0.228 e. The molecule has 3 aromatic rings. The van der Waals surface area contributed by atoms with Gasteiger partial charge in [0.25, 0.3) is 0 Å². The molecule has 7 heteroatoms. The van der Waals surface area contributed by atoms with E-state index in [9.17, 15) is 4.39 Å². The Hall–Kier alpha value is -3.35. The van der Waals surface area contributed by atoms with Crippen molar-refractivity contribution in [1.29, 1.82) is 0 Å². The van der Waals surface area contributed by atoms with Crippen LogP contribution in [0.15, 0.2) is 60.8 Å². The molecule has 2 heterocycles. The number of aromatic nitrogens is 2. The van der Waals surface area contributed by atoms with Crippen LogP contribution in [0.4, 0.5) is 16.0 Å². The molecule has 6 nitrogen and oxygen atoms in total. The Kier molecular flexibility index (Phi) is 5.23. The first-order valence-corrected chi connectivity index (χ1v) is 9.12. The summed E-state index contributed by atoms with van der Waals surface area (Å²) in [4.78, 5) is 13.3. The average Bonchev–Trinajstić information content (AvgIpc) is 2.76. The molecule has 1 fully saturated rings. The number of nitrogens with zero attached hydrogens (tertiary/aromatic N) is 4. The molecule has 1 aliphatic rings. The van der Waals surface area contributed by atoms with Gasteiger partial charge in [0, 0.05) is 38.4 Å². The summed E-state index contributed by atoms with van der Waals surface area (Å²) in [5.41, 5.74) is 1.10. The van der Waals surface area contributed by atoms with Crippen molar-refractivity contribution in [2.45, 2.75) is 0 Å². The topological polar surface area (TPSA) is 50.7 Å². The van der Waals surface area contributed by atoms with Gasteiger partial charge in [-0.2, -0.15) is 4.98 Å². The molecule has 4 rings (SSSR count). The van der Waals surface area contributed by atoms with Gasteiger partial charge < -0.3 is 19.3 Å². The van der Waals surface area contributed by atoms with Gasteiger partial charge in [-0.15, -0.1) is 0 Å². The molecule has 1 aromatic heterocycles. The Morgan fingerprint density at radius 3 is 2.36 bits per heavy atom. The summed E-state index contributed by atoms with van der Waals surface area (Å²) in [6.45, 7) is 3.26. The van der Waals surface area contributed by atoms with Crippen LogP contribution in [0.1, 0.15) is 0 Å². The summed E-state index contributed by atoms with van der Waals surface area (Å²) in [5.74, 6) is 2.17. The van der Waals surface area contributed by atoms with Crippen LogP contribution in [0.25, 0.3) is 0 Å².